The second-order valence-electron chi connectivity index (χ2n) is 5.39. The number of aryl methyl sites for hydroxylation is 1. The number of hydrogen-bond donors (Lipinski definition) is 0. The maximum absolute atomic E-state index is 13.0. The summed E-state index contributed by atoms with van der Waals surface area (Å²) in [7, 11) is 0. The first-order valence-electron chi connectivity index (χ1n) is 7.11. The van der Waals surface area contributed by atoms with Gasteiger partial charge in [0.1, 0.15) is 5.82 Å². The number of hydrogen-bond acceptors (Lipinski definition) is 3. The summed E-state index contributed by atoms with van der Waals surface area (Å²) in [5, 5.41) is 0.419. The average Bonchev–Trinajstić information content (AvgIpc) is 2.80. The van der Waals surface area contributed by atoms with Gasteiger partial charge in [-0.05, 0) is 48.9 Å². The van der Waals surface area contributed by atoms with Crippen molar-refractivity contribution < 1.29 is 14.0 Å². The second kappa shape index (κ2) is 6.75. The normalized spacial score (nSPS) is 17.7. The van der Waals surface area contributed by atoms with Crippen LogP contribution in [-0.2, 0) is 9.59 Å². The molecule has 0 unspecified atom stereocenters. The average molecular weight is 384 g/mol. The van der Waals surface area contributed by atoms with Gasteiger partial charge >= 0.3 is 0 Å². The highest BCUT2D eigenvalue weighted by Crippen LogP contribution is 2.39. The van der Waals surface area contributed by atoms with Crippen LogP contribution in [0.5, 0.6) is 0 Å². The van der Waals surface area contributed by atoms with Gasteiger partial charge in [-0.15, -0.1) is 11.8 Å². The Kier molecular flexibility index (Phi) is 4.85. The minimum atomic E-state index is -0.569. The number of carbonyl (C=O) groups is 2. The van der Waals surface area contributed by atoms with Crippen molar-refractivity contribution in [2.45, 2.75) is 23.5 Å². The van der Waals surface area contributed by atoms with E-state index in [0.29, 0.717) is 20.6 Å². The zero-order chi connectivity index (χ0) is 17.4. The monoisotopic (exact) mass is 383 g/mol. The minimum Gasteiger partial charge on any atom is -0.274 e. The van der Waals surface area contributed by atoms with Crippen molar-refractivity contribution >= 4 is 52.5 Å². The second-order valence-corrected chi connectivity index (χ2v) is 7.45. The Bertz CT molecular complexity index is 826. The molecule has 3 nitrogen and oxygen atoms in total. The Morgan fingerprint density at radius 3 is 2.46 bits per heavy atom. The largest absolute Gasteiger partial charge is 0.274 e. The molecule has 1 atom stereocenters. The van der Waals surface area contributed by atoms with Gasteiger partial charge in [0.05, 0.1) is 16.0 Å². The van der Waals surface area contributed by atoms with E-state index in [9.17, 15) is 14.0 Å². The van der Waals surface area contributed by atoms with Crippen molar-refractivity contribution in [2.75, 3.05) is 4.90 Å². The van der Waals surface area contributed by atoms with Crippen LogP contribution in [-0.4, -0.2) is 17.1 Å². The molecule has 0 radical (unpaired) electrons. The highest BCUT2D eigenvalue weighted by Gasteiger charge is 2.40. The highest BCUT2D eigenvalue weighted by molar-refractivity contribution is 8.00. The van der Waals surface area contributed by atoms with Gasteiger partial charge < -0.3 is 0 Å². The van der Waals surface area contributed by atoms with Gasteiger partial charge in [0.15, 0.2) is 0 Å². The number of carbonyl (C=O) groups excluding carboxylic acids is 2. The minimum absolute atomic E-state index is 0.0683. The molecular formula is C17H12Cl2FNO2S. The van der Waals surface area contributed by atoms with Crippen LogP contribution >= 0.6 is 35.0 Å². The van der Waals surface area contributed by atoms with E-state index >= 15 is 0 Å². The first-order chi connectivity index (χ1) is 11.4. The zero-order valence-corrected chi connectivity index (χ0v) is 14.9. The molecule has 0 N–H and O–H groups in total. The third-order valence-electron chi connectivity index (χ3n) is 3.67. The fourth-order valence-corrected chi connectivity index (χ4v) is 4.10. The maximum atomic E-state index is 13.0. The van der Waals surface area contributed by atoms with E-state index in [2.05, 4.69) is 0 Å². The molecular weight excluding hydrogens is 372 g/mol. The van der Waals surface area contributed by atoms with E-state index < -0.39 is 11.1 Å². The van der Waals surface area contributed by atoms with Crippen LogP contribution in [0, 0.1) is 12.7 Å². The van der Waals surface area contributed by atoms with Crippen molar-refractivity contribution in [3.8, 4) is 0 Å². The van der Waals surface area contributed by atoms with Crippen LogP contribution in [0.4, 0.5) is 10.1 Å². The van der Waals surface area contributed by atoms with Crippen molar-refractivity contribution in [3.05, 3.63) is 57.8 Å². The summed E-state index contributed by atoms with van der Waals surface area (Å²) in [6.45, 7) is 1.84. The van der Waals surface area contributed by atoms with Crippen molar-refractivity contribution in [2.24, 2.45) is 0 Å². The highest BCUT2D eigenvalue weighted by atomic mass is 35.5. The number of imide groups is 1. The molecule has 7 heteroatoms. The summed E-state index contributed by atoms with van der Waals surface area (Å²) in [5.74, 6) is -1.07. The lowest BCUT2D eigenvalue weighted by atomic mass is 10.2. The van der Waals surface area contributed by atoms with Gasteiger partial charge in [-0.1, -0.05) is 23.2 Å². The van der Waals surface area contributed by atoms with Crippen molar-refractivity contribution in [1.82, 2.24) is 0 Å². The van der Waals surface area contributed by atoms with Gasteiger partial charge in [0.25, 0.3) is 0 Å². The molecule has 1 saturated heterocycles. The lowest BCUT2D eigenvalue weighted by Crippen LogP contribution is -2.31. The predicted octanol–water partition coefficient (Wildman–Crippen LogP) is 4.87. The predicted molar refractivity (Wildman–Crippen MR) is 94.4 cm³/mol. The fourth-order valence-electron chi connectivity index (χ4n) is 2.43. The molecule has 2 amide bonds. The lowest BCUT2D eigenvalue weighted by molar-refractivity contribution is -0.121. The zero-order valence-electron chi connectivity index (χ0n) is 12.6. The standard InChI is InChI=1S/C17H12Cl2FNO2S/c1-9-6-14(13(19)7-12(9)18)24-15-8-16(22)21(17(15)23)11-4-2-10(20)3-5-11/h2-7,15H,8H2,1H3/t15-/m0/s1. The van der Waals surface area contributed by atoms with E-state index in [1.54, 1.807) is 12.1 Å². The molecule has 1 heterocycles. The molecule has 0 aromatic heterocycles. The van der Waals surface area contributed by atoms with E-state index in [1.165, 1.54) is 36.0 Å². The molecule has 24 heavy (non-hydrogen) atoms. The van der Waals surface area contributed by atoms with E-state index in [4.69, 9.17) is 23.2 Å². The molecule has 0 bridgehead atoms. The van der Waals surface area contributed by atoms with E-state index in [-0.39, 0.29) is 18.2 Å². The summed E-state index contributed by atoms with van der Waals surface area (Å²) < 4.78 is 13.0. The number of halogens is 3. The number of anilines is 1. The molecule has 3 rings (SSSR count). The maximum Gasteiger partial charge on any atom is 0.247 e. The van der Waals surface area contributed by atoms with Crippen LogP contribution in [0.15, 0.2) is 41.3 Å². The molecule has 1 aliphatic heterocycles. The number of rotatable bonds is 3. The molecule has 0 aliphatic carbocycles. The van der Waals surface area contributed by atoms with Crippen molar-refractivity contribution in [1.29, 1.82) is 0 Å². The van der Waals surface area contributed by atoms with Crippen LogP contribution in [0.3, 0.4) is 0 Å². The summed E-state index contributed by atoms with van der Waals surface area (Å²) >= 11 is 13.4. The van der Waals surface area contributed by atoms with Gasteiger partial charge in [0, 0.05) is 16.3 Å². The van der Waals surface area contributed by atoms with Crippen LogP contribution in [0.2, 0.25) is 10.0 Å². The molecule has 0 saturated carbocycles. The summed E-state index contributed by atoms with van der Waals surface area (Å²) in [5.41, 5.74) is 1.21. The SMILES string of the molecule is Cc1cc(S[C@H]2CC(=O)N(c3ccc(F)cc3)C2=O)c(Cl)cc1Cl. The Morgan fingerprint density at radius 2 is 1.79 bits per heavy atom. The van der Waals surface area contributed by atoms with Crippen LogP contribution in [0.25, 0.3) is 0 Å². The smallest absolute Gasteiger partial charge is 0.247 e. The van der Waals surface area contributed by atoms with Gasteiger partial charge in [-0.2, -0.15) is 0 Å². The van der Waals surface area contributed by atoms with E-state index in [1.807, 2.05) is 6.92 Å². The molecule has 2 aromatic carbocycles. The topological polar surface area (TPSA) is 37.4 Å². The Labute approximate surface area is 152 Å². The summed E-state index contributed by atoms with van der Waals surface area (Å²) in [4.78, 5) is 26.6. The van der Waals surface area contributed by atoms with Gasteiger partial charge in [-0.3, -0.25) is 9.59 Å². The molecule has 2 aromatic rings. The van der Waals surface area contributed by atoms with E-state index in [0.717, 1.165) is 10.5 Å². The summed E-state index contributed by atoms with van der Waals surface area (Å²) in [6.07, 6.45) is 0.0683. The van der Waals surface area contributed by atoms with Gasteiger partial charge in [-0.25, -0.2) is 9.29 Å². The number of nitrogens with zero attached hydrogens (tertiary/aromatic N) is 1. The third kappa shape index (κ3) is 3.29. The Balaban J connectivity index is 1.84. The Morgan fingerprint density at radius 1 is 1.12 bits per heavy atom. The summed E-state index contributed by atoms with van der Waals surface area (Å²) in [6, 6.07) is 8.69. The molecule has 1 aliphatic rings. The first kappa shape index (κ1) is 17.3. The van der Waals surface area contributed by atoms with Gasteiger partial charge in [0.2, 0.25) is 11.8 Å². The van der Waals surface area contributed by atoms with Crippen molar-refractivity contribution in [3.63, 3.8) is 0 Å². The number of amides is 2. The molecule has 124 valence electrons. The Hall–Kier alpha value is -1.56. The molecule has 1 fully saturated rings. The fraction of sp³-hybridized carbons (Fsp3) is 0.176. The first-order valence-corrected chi connectivity index (χ1v) is 8.75. The molecule has 0 spiro atoms. The van der Waals surface area contributed by atoms with Crippen LogP contribution < -0.4 is 4.90 Å². The quantitative estimate of drug-likeness (QED) is 0.709. The van der Waals surface area contributed by atoms with Crippen LogP contribution in [0.1, 0.15) is 12.0 Å². The number of thioether (sulfide) groups is 1. The lowest BCUT2D eigenvalue weighted by Gasteiger charge is -2.15. The third-order valence-corrected chi connectivity index (χ3v) is 5.75. The number of benzene rings is 2.